The summed E-state index contributed by atoms with van der Waals surface area (Å²) in [5, 5.41) is -5.59. The number of rotatable bonds is 10. The van der Waals surface area contributed by atoms with E-state index in [4.69, 9.17) is 64.5 Å². The van der Waals surface area contributed by atoms with Crippen molar-refractivity contribution in [2.24, 2.45) is 0 Å². The molecule has 4 aliphatic rings. The molecule has 2 amide bonds. The predicted molar refractivity (Wildman–Crippen MR) is 181 cm³/mol. The summed E-state index contributed by atoms with van der Waals surface area (Å²) in [5.41, 5.74) is 0.988. The number of hydrogen-bond donors (Lipinski definition) is 0. The third-order valence-corrected chi connectivity index (χ3v) is 15.1. The lowest BCUT2D eigenvalue weighted by molar-refractivity contribution is -0.115. The van der Waals surface area contributed by atoms with Crippen LogP contribution in [-0.2, 0) is 36.8 Å². The number of carbonyl (C=O) groups excluding carboxylic acids is 4. The fourth-order valence-corrected chi connectivity index (χ4v) is 12.4. The van der Waals surface area contributed by atoms with E-state index in [-0.39, 0.29) is 69.1 Å². The number of amides is 2. The zero-order valence-corrected chi connectivity index (χ0v) is 30.6. The van der Waals surface area contributed by atoms with Crippen LogP contribution in [0.25, 0.3) is 0 Å². The van der Waals surface area contributed by atoms with E-state index in [0.717, 1.165) is 9.80 Å². The van der Waals surface area contributed by atoms with Gasteiger partial charge in [0.25, 0.3) is 22.4 Å². The van der Waals surface area contributed by atoms with Crippen LogP contribution in [0.1, 0.15) is 48.4 Å². The highest BCUT2D eigenvalue weighted by Gasteiger charge is 2.74. The van der Waals surface area contributed by atoms with Crippen molar-refractivity contribution in [2.45, 2.75) is 38.3 Å². The molecule has 0 aromatic heterocycles. The van der Waals surface area contributed by atoms with Gasteiger partial charge in [0.15, 0.2) is 0 Å². The van der Waals surface area contributed by atoms with Crippen molar-refractivity contribution in [3.63, 3.8) is 0 Å². The number of fused-ring (bicyclic) bond motifs is 6. The fourth-order valence-electron chi connectivity index (χ4n) is 6.11. The molecule has 0 saturated heterocycles. The first-order valence-electron chi connectivity index (χ1n) is 14.6. The molecule has 0 spiro atoms. The third-order valence-electron chi connectivity index (χ3n) is 7.83. The molecule has 256 valence electrons. The van der Waals surface area contributed by atoms with Crippen LogP contribution >= 0.6 is 61.6 Å². The van der Waals surface area contributed by atoms with Gasteiger partial charge < -0.3 is 18.1 Å². The molecule has 2 aromatic carbocycles. The maximum atomic E-state index is 13.6. The topological polar surface area (TPSA) is 146 Å². The van der Waals surface area contributed by atoms with Crippen molar-refractivity contribution in [1.82, 2.24) is 0 Å². The Morgan fingerprint density at radius 3 is 1.15 bits per heavy atom. The van der Waals surface area contributed by atoms with Gasteiger partial charge in [-0.15, -0.1) is 0 Å². The Bertz CT molecular complexity index is 1760. The lowest BCUT2D eigenvalue weighted by Crippen LogP contribution is -2.49. The quantitative estimate of drug-likeness (QED) is 0.219. The predicted octanol–water partition coefficient (Wildman–Crippen LogP) is 7.76. The summed E-state index contributed by atoms with van der Waals surface area (Å²) >= 11 is 24.6. The van der Waals surface area contributed by atoms with E-state index in [1.165, 1.54) is 12.1 Å². The minimum Gasteiger partial charge on any atom is -0.307 e. The number of halogens is 4. The summed E-state index contributed by atoms with van der Waals surface area (Å²) < 4.78 is 48.6. The molecule has 4 heterocycles. The van der Waals surface area contributed by atoms with Crippen LogP contribution < -0.4 is 9.80 Å². The number of benzene rings is 2. The zero-order valence-electron chi connectivity index (χ0n) is 25.8. The molecule has 0 bridgehead atoms. The highest BCUT2D eigenvalue weighted by atomic mass is 35.5. The Labute approximate surface area is 295 Å². The zero-order chi connectivity index (χ0) is 35.4. The number of ketones is 2. The summed E-state index contributed by atoms with van der Waals surface area (Å²) in [6.45, 7) is 6.45. The molecule has 0 unspecified atom stereocenters. The van der Waals surface area contributed by atoms with Gasteiger partial charge >= 0.3 is 15.2 Å². The second-order valence-electron chi connectivity index (χ2n) is 10.2. The first-order chi connectivity index (χ1) is 22.7. The van der Waals surface area contributed by atoms with Crippen molar-refractivity contribution in [2.75, 3.05) is 36.2 Å². The highest BCUT2D eigenvalue weighted by molar-refractivity contribution is 7.58. The van der Waals surface area contributed by atoms with Crippen LogP contribution in [0.5, 0.6) is 0 Å². The average molecular weight is 780 g/mol. The van der Waals surface area contributed by atoms with Crippen molar-refractivity contribution in [3.05, 3.63) is 79.8 Å². The van der Waals surface area contributed by atoms with Gasteiger partial charge in [0.1, 0.15) is 10.1 Å². The molecule has 6 rings (SSSR count). The largest absolute Gasteiger partial charge is 0.370 e. The molecular formula is C30H28Cl4N2O10P2. The first kappa shape index (κ1) is 36.9. The van der Waals surface area contributed by atoms with E-state index in [1.54, 1.807) is 64.1 Å². The summed E-state index contributed by atoms with van der Waals surface area (Å²) in [7, 11) is -8.36. The maximum Gasteiger partial charge on any atom is 0.370 e. The molecule has 18 heteroatoms. The number of hydrogen-bond acceptors (Lipinski definition) is 10. The van der Waals surface area contributed by atoms with E-state index >= 15 is 0 Å². The second kappa shape index (κ2) is 13.4. The standard InChI is InChI=1S/2C15H14Cl2NO5P/c2*1-3-22-24(21,23-4-2)15-12(17)11(16)14(20)18(15)10-8-6-5-7-9(10)13(15)19/h2*5-8H,3-4H2,1-2H3/t2*15-/m10/s1. The Balaban J connectivity index is 0.000000188. The van der Waals surface area contributed by atoms with E-state index in [9.17, 15) is 28.3 Å². The summed E-state index contributed by atoms with van der Waals surface area (Å²) in [5.74, 6) is -2.67. The van der Waals surface area contributed by atoms with E-state index in [2.05, 4.69) is 0 Å². The van der Waals surface area contributed by atoms with Crippen LogP contribution in [0.4, 0.5) is 11.4 Å². The lowest BCUT2D eigenvalue weighted by Gasteiger charge is -2.36. The molecule has 0 N–H and O–H groups in total. The summed E-state index contributed by atoms with van der Waals surface area (Å²) in [6, 6.07) is 12.8. The van der Waals surface area contributed by atoms with Crippen molar-refractivity contribution in [3.8, 4) is 0 Å². The molecule has 4 aliphatic heterocycles. The molecular weight excluding hydrogens is 752 g/mol. The first-order valence-corrected chi connectivity index (χ1v) is 19.2. The van der Waals surface area contributed by atoms with Gasteiger partial charge in [-0.25, -0.2) is 0 Å². The highest BCUT2D eigenvalue weighted by Crippen LogP contribution is 2.73. The van der Waals surface area contributed by atoms with Crippen LogP contribution in [0.2, 0.25) is 0 Å². The van der Waals surface area contributed by atoms with Gasteiger partial charge in [-0.05, 0) is 52.0 Å². The van der Waals surface area contributed by atoms with Gasteiger partial charge in [0.05, 0.1) is 47.9 Å². The van der Waals surface area contributed by atoms with E-state index in [0.29, 0.717) is 0 Å². The van der Waals surface area contributed by atoms with Crippen LogP contribution in [0, 0.1) is 0 Å². The molecule has 2 atom stereocenters. The molecule has 48 heavy (non-hydrogen) atoms. The molecule has 12 nitrogen and oxygen atoms in total. The smallest absolute Gasteiger partial charge is 0.307 e. The molecule has 2 aromatic rings. The number of nitrogens with zero attached hydrogens (tertiary/aromatic N) is 2. The molecule has 0 saturated carbocycles. The van der Waals surface area contributed by atoms with Gasteiger partial charge in [0, 0.05) is 11.1 Å². The minimum atomic E-state index is -4.18. The van der Waals surface area contributed by atoms with Crippen LogP contribution in [-0.4, -0.2) is 60.4 Å². The lowest BCUT2D eigenvalue weighted by atomic mass is 10.1. The van der Waals surface area contributed by atoms with Crippen LogP contribution in [0.3, 0.4) is 0 Å². The third kappa shape index (κ3) is 4.73. The van der Waals surface area contributed by atoms with Gasteiger partial charge in [-0.1, -0.05) is 70.7 Å². The van der Waals surface area contributed by atoms with Crippen molar-refractivity contribution >= 4 is 96.4 Å². The second-order valence-corrected chi connectivity index (χ2v) is 16.1. The number of carbonyl (C=O) groups is 4. The molecule has 0 fully saturated rings. The molecule has 0 aliphatic carbocycles. The summed E-state index contributed by atoms with van der Waals surface area (Å²) in [4.78, 5) is 53.7. The Morgan fingerprint density at radius 1 is 0.562 bits per heavy atom. The number of anilines is 2. The SMILES string of the molecule is CCOP(=O)(OCC)[C@@]12C(=O)c3ccccc3N1C(=O)C(Cl)=C2Cl.CCOP(=O)(OCC)[C@]12C(=O)c3ccccc3N1C(=O)C(Cl)=C2Cl. The average Bonchev–Trinajstić information content (AvgIpc) is 3.65. The Morgan fingerprint density at radius 2 is 0.854 bits per heavy atom. The molecule has 0 radical (unpaired) electrons. The number of para-hydroxylation sites is 2. The Kier molecular flexibility index (Phi) is 10.3. The Hall–Kier alpha value is -2.34. The monoisotopic (exact) mass is 778 g/mol. The van der Waals surface area contributed by atoms with E-state index < -0.39 is 49.1 Å². The van der Waals surface area contributed by atoms with Gasteiger partial charge in [-0.3, -0.25) is 38.1 Å². The van der Waals surface area contributed by atoms with Crippen molar-refractivity contribution < 1.29 is 46.4 Å². The van der Waals surface area contributed by atoms with Crippen molar-refractivity contribution in [1.29, 1.82) is 0 Å². The fraction of sp³-hybridized carbons (Fsp3) is 0.333. The minimum absolute atomic E-state index is 0.00642. The van der Waals surface area contributed by atoms with Gasteiger partial charge in [0.2, 0.25) is 11.6 Å². The van der Waals surface area contributed by atoms with Crippen LogP contribution in [0.15, 0.2) is 68.7 Å². The normalized spacial score (nSPS) is 23.1. The van der Waals surface area contributed by atoms with E-state index in [1.807, 2.05) is 0 Å². The maximum absolute atomic E-state index is 13.6. The van der Waals surface area contributed by atoms with Gasteiger partial charge in [-0.2, -0.15) is 0 Å². The number of Topliss-reactive ketones (excluding diaryl/α,β-unsaturated/α-hetero) is 2. The summed E-state index contributed by atoms with van der Waals surface area (Å²) in [6.07, 6.45) is 0.